The summed E-state index contributed by atoms with van der Waals surface area (Å²) in [6.07, 6.45) is 2.60. The Balaban J connectivity index is 2.13. The molecule has 3 heterocycles. The molecule has 0 atom stereocenters. The van der Waals surface area contributed by atoms with Gasteiger partial charge in [-0.2, -0.15) is 5.26 Å². The van der Waals surface area contributed by atoms with E-state index in [9.17, 15) is 20.0 Å². The number of thioether (sulfide) groups is 1. The second-order valence-electron chi connectivity index (χ2n) is 7.78. The second-order valence-corrected chi connectivity index (χ2v) is 9.46. The maximum atomic E-state index is 13.1. The van der Waals surface area contributed by atoms with Crippen molar-refractivity contribution in [1.82, 2.24) is 14.4 Å². The summed E-state index contributed by atoms with van der Waals surface area (Å²) in [7, 11) is 0. The van der Waals surface area contributed by atoms with E-state index in [2.05, 4.69) is 15.9 Å². The number of aliphatic hydroxyl groups excluding tert-OH is 1. The molecule has 0 saturated carbocycles. The molecule has 2 aliphatic heterocycles. The molecule has 0 aliphatic carbocycles. The Kier molecular flexibility index (Phi) is 8.11. The van der Waals surface area contributed by atoms with Crippen molar-refractivity contribution in [3.05, 3.63) is 31.9 Å². The zero-order valence-corrected chi connectivity index (χ0v) is 20.4. The van der Waals surface area contributed by atoms with Gasteiger partial charge in [-0.05, 0) is 31.9 Å². The number of pyridine rings is 1. The van der Waals surface area contributed by atoms with Crippen molar-refractivity contribution >= 4 is 46.1 Å². The molecule has 32 heavy (non-hydrogen) atoms. The number of aliphatic hydroxyl groups is 1. The second kappa shape index (κ2) is 10.6. The molecule has 2 saturated heterocycles. The molecule has 1 aromatic rings. The molecule has 1 aromatic heterocycles. The van der Waals surface area contributed by atoms with Crippen LogP contribution in [-0.2, 0) is 11.3 Å². The summed E-state index contributed by atoms with van der Waals surface area (Å²) in [5.41, 5.74) is 1.09. The molecule has 3 rings (SSSR count). The van der Waals surface area contributed by atoms with Crippen LogP contribution in [0.3, 0.4) is 0 Å². The fraction of sp³-hybridized carbons (Fsp3) is 0.545. The van der Waals surface area contributed by atoms with Crippen LogP contribution in [-0.4, -0.2) is 75.6 Å². The Morgan fingerprint density at radius 2 is 1.88 bits per heavy atom. The van der Waals surface area contributed by atoms with Crippen molar-refractivity contribution in [3.63, 3.8) is 0 Å². The fourth-order valence-corrected chi connectivity index (χ4v) is 5.44. The first-order valence-corrected chi connectivity index (χ1v) is 12.1. The standard InChI is InChI=1S/C22H29N5O3S2/c1-4-6-27-21(30)18(32-22(27)31)13-16-15(3)17(14-23)20(29)26(5-2)19(16)25-9-7-24(8-10-25)11-12-28/h13,28H,4-12H2,1-3H3/b18-13-. The first-order chi connectivity index (χ1) is 15.4. The Labute approximate surface area is 198 Å². The highest BCUT2D eigenvalue weighted by atomic mass is 32.2. The van der Waals surface area contributed by atoms with Crippen LogP contribution in [0.4, 0.5) is 5.82 Å². The molecule has 0 aromatic carbocycles. The number of nitrogens with zero attached hydrogens (tertiary/aromatic N) is 5. The van der Waals surface area contributed by atoms with Gasteiger partial charge in [0.1, 0.15) is 21.8 Å². The molecule has 0 spiro atoms. The van der Waals surface area contributed by atoms with Gasteiger partial charge in [-0.15, -0.1) is 0 Å². The number of nitriles is 1. The first kappa shape index (κ1) is 24.5. The molecule has 8 nitrogen and oxygen atoms in total. The van der Waals surface area contributed by atoms with E-state index < -0.39 is 0 Å². The lowest BCUT2D eigenvalue weighted by atomic mass is 10.0. The number of thiocarbonyl (C=S) groups is 1. The van der Waals surface area contributed by atoms with Crippen molar-refractivity contribution in [2.75, 3.05) is 50.8 Å². The summed E-state index contributed by atoms with van der Waals surface area (Å²) >= 11 is 6.67. The van der Waals surface area contributed by atoms with Gasteiger partial charge < -0.3 is 10.0 Å². The van der Waals surface area contributed by atoms with Gasteiger partial charge in [0.2, 0.25) is 0 Å². The van der Waals surface area contributed by atoms with Crippen LogP contribution in [0.5, 0.6) is 0 Å². The maximum Gasteiger partial charge on any atom is 0.270 e. The van der Waals surface area contributed by atoms with Gasteiger partial charge in [0, 0.05) is 51.4 Å². The first-order valence-electron chi connectivity index (χ1n) is 10.9. The minimum atomic E-state index is -0.309. The van der Waals surface area contributed by atoms with Crippen molar-refractivity contribution < 1.29 is 9.90 Å². The predicted molar refractivity (Wildman–Crippen MR) is 132 cm³/mol. The molecular formula is C22H29N5O3S2. The van der Waals surface area contributed by atoms with Crippen molar-refractivity contribution in [1.29, 1.82) is 5.26 Å². The van der Waals surface area contributed by atoms with Crippen LogP contribution in [0.2, 0.25) is 0 Å². The van der Waals surface area contributed by atoms with Crippen LogP contribution in [0.1, 0.15) is 37.0 Å². The van der Waals surface area contributed by atoms with E-state index in [1.165, 1.54) is 11.8 Å². The minimum absolute atomic E-state index is 0.102. The van der Waals surface area contributed by atoms with Gasteiger partial charge in [0.05, 0.1) is 11.5 Å². The highest BCUT2D eigenvalue weighted by Gasteiger charge is 2.33. The topological polar surface area (TPSA) is 92.8 Å². The van der Waals surface area contributed by atoms with Crippen LogP contribution in [0.25, 0.3) is 6.08 Å². The number of piperazine rings is 1. The van der Waals surface area contributed by atoms with E-state index in [-0.39, 0.29) is 23.6 Å². The Morgan fingerprint density at radius 1 is 1.19 bits per heavy atom. The van der Waals surface area contributed by atoms with Gasteiger partial charge >= 0.3 is 0 Å². The van der Waals surface area contributed by atoms with Crippen molar-refractivity contribution in [2.24, 2.45) is 0 Å². The largest absolute Gasteiger partial charge is 0.395 e. The molecular weight excluding hydrogens is 446 g/mol. The average Bonchev–Trinajstić information content (AvgIpc) is 3.04. The maximum absolute atomic E-state index is 13.1. The molecule has 1 N–H and O–H groups in total. The van der Waals surface area contributed by atoms with Crippen LogP contribution >= 0.6 is 24.0 Å². The Bertz CT molecular complexity index is 1040. The van der Waals surface area contributed by atoms with E-state index in [0.717, 1.165) is 30.9 Å². The van der Waals surface area contributed by atoms with E-state index in [4.69, 9.17) is 12.2 Å². The average molecular weight is 476 g/mol. The zero-order valence-electron chi connectivity index (χ0n) is 18.8. The van der Waals surface area contributed by atoms with Crippen molar-refractivity contribution in [3.8, 4) is 6.07 Å². The van der Waals surface area contributed by atoms with Gasteiger partial charge in [-0.3, -0.25) is 24.0 Å². The summed E-state index contributed by atoms with van der Waals surface area (Å²) in [6, 6.07) is 2.06. The summed E-state index contributed by atoms with van der Waals surface area (Å²) in [4.78, 5) is 32.5. The van der Waals surface area contributed by atoms with E-state index in [0.29, 0.717) is 47.5 Å². The highest BCUT2D eigenvalue weighted by Crippen LogP contribution is 2.36. The smallest absolute Gasteiger partial charge is 0.270 e. The summed E-state index contributed by atoms with van der Waals surface area (Å²) < 4.78 is 2.16. The third kappa shape index (κ3) is 4.62. The molecule has 2 aliphatic rings. The number of hydrogen-bond donors (Lipinski definition) is 1. The lowest BCUT2D eigenvalue weighted by Gasteiger charge is -2.37. The van der Waals surface area contributed by atoms with E-state index in [1.54, 1.807) is 22.5 Å². The number of rotatable bonds is 7. The van der Waals surface area contributed by atoms with Gasteiger partial charge in [0.15, 0.2) is 0 Å². The van der Waals surface area contributed by atoms with Gasteiger partial charge in [-0.25, -0.2) is 0 Å². The van der Waals surface area contributed by atoms with Crippen LogP contribution < -0.4 is 10.5 Å². The molecule has 172 valence electrons. The minimum Gasteiger partial charge on any atom is -0.395 e. The molecule has 10 heteroatoms. The lowest BCUT2D eigenvalue weighted by Crippen LogP contribution is -2.49. The fourth-order valence-electron chi connectivity index (χ4n) is 4.15. The number of anilines is 1. The third-order valence-corrected chi connectivity index (χ3v) is 7.22. The summed E-state index contributed by atoms with van der Waals surface area (Å²) in [5.74, 6) is 0.603. The lowest BCUT2D eigenvalue weighted by molar-refractivity contribution is -0.122. The van der Waals surface area contributed by atoms with E-state index >= 15 is 0 Å². The third-order valence-electron chi connectivity index (χ3n) is 5.85. The van der Waals surface area contributed by atoms with Crippen LogP contribution in [0, 0.1) is 18.3 Å². The number of aromatic nitrogens is 1. The number of hydrogen-bond acceptors (Lipinski definition) is 8. The SMILES string of the molecule is CCCN1C(=O)/C(=C/c2c(C)c(C#N)c(=O)n(CC)c2N2CCN(CCO)CC2)SC1=S. The predicted octanol–water partition coefficient (Wildman–Crippen LogP) is 1.77. The van der Waals surface area contributed by atoms with Gasteiger partial charge in [-0.1, -0.05) is 30.9 Å². The number of amides is 1. The molecule has 2 fully saturated rings. The number of β-amino-alcohol motifs (C(OH)–C–C–N with tert-alkyl or cyclic N) is 1. The molecule has 1 amide bonds. The van der Waals surface area contributed by atoms with Gasteiger partial charge in [0.25, 0.3) is 11.5 Å². The monoisotopic (exact) mass is 475 g/mol. The summed E-state index contributed by atoms with van der Waals surface area (Å²) in [5, 5.41) is 18.9. The zero-order chi connectivity index (χ0) is 23.4. The number of carbonyl (C=O) groups excluding carboxylic acids is 1. The van der Waals surface area contributed by atoms with Crippen LogP contribution in [0.15, 0.2) is 9.70 Å². The van der Waals surface area contributed by atoms with Crippen molar-refractivity contribution in [2.45, 2.75) is 33.7 Å². The molecule has 0 radical (unpaired) electrons. The Morgan fingerprint density at radius 3 is 2.44 bits per heavy atom. The van der Waals surface area contributed by atoms with E-state index in [1.807, 2.05) is 13.8 Å². The highest BCUT2D eigenvalue weighted by molar-refractivity contribution is 8.26. The normalized spacial score (nSPS) is 18.7. The molecule has 0 bridgehead atoms. The molecule has 0 unspecified atom stereocenters. The summed E-state index contributed by atoms with van der Waals surface area (Å²) in [6.45, 7) is 10.2. The Hall–Kier alpha value is -2.19. The quantitative estimate of drug-likeness (QED) is 0.471. The number of carbonyl (C=O) groups is 1.